The van der Waals surface area contributed by atoms with Crippen LogP contribution in [0.3, 0.4) is 0 Å². The maximum Gasteiger partial charge on any atom is 0.0696 e. The molecule has 0 unspecified atom stereocenters. The number of benzene rings is 4. The third-order valence-corrected chi connectivity index (χ3v) is 7.47. The number of para-hydroxylation sites is 4. The Hall–Kier alpha value is -4.30. The van der Waals surface area contributed by atoms with E-state index in [-0.39, 0.29) is 0 Å². The van der Waals surface area contributed by atoms with Gasteiger partial charge in [-0.15, -0.1) is 0 Å². The zero-order valence-corrected chi connectivity index (χ0v) is 21.0. The van der Waals surface area contributed by atoms with Crippen LogP contribution in [0.15, 0.2) is 127 Å². The second-order valence-corrected chi connectivity index (χ2v) is 9.67. The molecule has 6 rings (SSSR count). The second kappa shape index (κ2) is 8.73. The Bertz CT molecular complexity index is 1510. The molecule has 0 saturated heterocycles. The van der Waals surface area contributed by atoms with Crippen molar-refractivity contribution in [2.45, 2.75) is 26.2 Å². The number of anilines is 4. The average molecular weight is 467 g/mol. The van der Waals surface area contributed by atoms with Crippen LogP contribution in [-0.4, -0.2) is 0 Å². The lowest BCUT2D eigenvalue weighted by molar-refractivity contribution is 0.769. The van der Waals surface area contributed by atoms with Gasteiger partial charge >= 0.3 is 0 Å². The summed E-state index contributed by atoms with van der Waals surface area (Å²) in [5, 5.41) is 3.71. The fraction of sp³-hybridized carbons (Fsp3) is 0.118. The van der Waals surface area contributed by atoms with Crippen LogP contribution < -0.4 is 10.2 Å². The van der Waals surface area contributed by atoms with Gasteiger partial charge in [0.25, 0.3) is 0 Å². The molecule has 2 heteroatoms. The van der Waals surface area contributed by atoms with Crippen molar-refractivity contribution in [1.82, 2.24) is 0 Å². The monoisotopic (exact) mass is 466 g/mol. The van der Waals surface area contributed by atoms with Crippen molar-refractivity contribution >= 4 is 22.7 Å². The molecular weight excluding hydrogens is 436 g/mol. The fourth-order valence-corrected chi connectivity index (χ4v) is 5.83. The number of nitrogens with one attached hydrogen (secondary N) is 1. The Balaban J connectivity index is 1.78. The molecule has 4 aromatic rings. The molecule has 1 N–H and O–H groups in total. The van der Waals surface area contributed by atoms with Crippen molar-refractivity contribution in [2.24, 2.45) is 0 Å². The molecular formula is C34H30N2. The van der Waals surface area contributed by atoms with Crippen LogP contribution in [0.25, 0.3) is 0 Å². The summed E-state index contributed by atoms with van der Waals surface area (Å²) in [4.78, 5) is 2.44. The van der Waals surface area contributed by atoms with Crippen molar-refractivity contribution in [3.8, 4) is 0 Å². The summed E-state index contributed by atoms with van der Waals surface area (Å²) in [6, 6.07) is 32.9. The van der Waals surface area contributed by atoms with Crippen LogP contribution in [-0.2, 0) is 5.41 Å². The Labute approximate surface area is 213 Å². The minimum absolute atomic E-state index is 0.470. The molecule has 0 fully saturated rings. The van der Waals surface area contributed by atoms with Crippen molar-refractivity contribution in [2.75, 3.05) is 10.2 Å². The van der Waals surface area contributed by atoms with Crippen LogP contribution in [0.5, 0.6) is 0 Å². The normalized spacial score (nSPS) is 18.6. The summed E-state index contributed by atoms with van der Waals surface area (Å²) < 4.78 is 0. The Kier molecular flexibility index (Phi) is 5.38. The fourth-order valence-electron chi connectivity index (χ4n) is 5.83. The molecule has 0 aliphatic carbocycles. The first-order valence-corrected chi connectivity index (χ1v) is 12.6. The molecule has 2 aliphatic rings. The third-order valence-electron chi connectivity index (χ3n) is 7.47. The van der Waals surface area contributed by atoms with Crippen LogP contribution >= 0.6 is 0 Å². The molecule has 2 nitrogen and oxygen atoms in total. The van der Waals surface area contributed by atoms with Gasteiger partial charge in [-0.1, -0.05) is 97.1 Å². The van der Waals surface area contributed by atoms with Crippen molar-refractivity contribution in [1.29, 1.82) is 0 Å². The van der Waals surface area contributed by atoms with E-state index < -0.39 is 5.41 Å². The average Bonchev–Trinajstić information content (AvgIpc) is 2.90. The quantitative estimate of drug-likeness (QED) is 0.301. The molecule has 0 amide bonds. The van der Waals surface area contributed by atoms with Gasteiger partial charge in [-0.2, -0.15) is 0 Å². The highest BCUT2D eigenvalue weighted by Gasteiger charge is 2.43. The highest BCUT2D eigenvalue weighted by Crippen LogP contribution is 2.54. The SMILES string of the molecule is C\C1=C/C=C\C=C\C2(c3ccccc3Nc3ccccc32)c2cccc(C)c2N1c1ccccc1C. The molecule has 0 atom stereocenters. The van der Waals surface area contributed by atoms with Crippen molar-refractivity contribution in [3.63, 3.8) is 0 Å². The maximum absolute atomic E-state index is 3.71. The minimum atomic E-state index is -0.470. The maximum atomic E-state index is 3.71. The Morgan fingerprint density at radius 3 is 1.92 bits per heavy atom. The minimum Gasteiger partial charge on any atom is -0.355 e. The zero-order chi connectivity index (χ0) is 24.7. The van der Waals surface area contributed by atoms with E-state index in [1.165, 1.54) is 44.9 Å². The molecule has 0 saturated carbocycles. The van der Waals surface area contributed by atoms with E-state index in [0.717, 1.165) is 11.4 Å². The first-order valence-electron chi connectivity index (χ1n) is 12.6. The van der Waals surface area contributed by atoms with E-state index in [9.17, 15) is 0 Å². The topological polar surface area (TPSA) is 15.3 Å². The van der Waals surface area contributed by atoms with Gasteiger partial charge in [-0.25, -0.2) is 0 Å². The van der Waals surface area contributed by atoms with Gasteiger partial charge in [-0.05, 0) is 72.9 Å². The van der Waals surface area contributed by atoms with Crippen molar-refractivity contribution < 1.29 is 0 Å². The number of fused-ring (bicyclic) bond motifs is 6. The second-order valence-electron chi connectivity index (χ2n) is 9.67. The molecule has 0 radical (unpaired) electrons. The third kappa shape index (κ3) is 3.33. The summed E-state index contributed by atoms with van der Waals surface area (Å²) in [5.74, 6) is 0. The van der Waals surface area contributed by atoms with Crippen LogP contribution in [0.4, 0.5) is 22.7 Å². The summed E-state index contributed by atoms with van der Waals surface area (Å²) >= 11 is 0. The number of hydrogen-bond donors (Lipinski definition) is 1. The number of allylic oxidation sites excluding steroid dienone is 6. The standard InChI is InChI=1S/C34H30N2/c1-24-14-6-11-22-32(24)36-26(3)16-5-4-12-23-34(29-19-13-15-25(2)33(29)36)27-17-7-9-20-30(27)35-31-21-10-8-18-28(31)34/h4-23,35H,1-3H3/b5-4-,23-12+,26-16+. The van der Waals surface area contributed by atoms with E-state index in [2.05, 4.69) is 152 Å². The van der Waals surface area contributed by atoms with Gasteiger partial charge < -0.3 is 10.2 Å². The zero-order valence-electron chi connectivity index (χ0n) is 21.0. The molecule has 4 aromatic carbocycles. The van der Waals surface area contributed by atoms with E-state index in [0.29, 0.717) is 0 Å². The van der Waals surface area contributed by atoms with E-state index in [1.807, 2.05) is 0 Å². The number of aryl methyl sites for hydroxylation is 2. The first-order chi connectivity index (χ1) is 17.6. The van der Waals surface area contributed by atoms with Crippen LogP contribution in [0.2, 0.25) is 0 Å². The van der Waals surface area contributed by atoms with Crippen molar-refractivity contribution in [3.05, 3.63) is 155 Å². The van der Waals surface area contributed by atoms with Gasteiger partial charge in [0.1, 0.15) is 0 Å². The molecule has 2 heterocycles. The van der Waals surface area contributed by atoms with E-state index >= 15 is 0 Å². The molecule has 0 bridgehead atoms. The van der Waals surface area contributed by atoms with Gasteiger partial charge in [0.05, 0.1) is 11.1 Å². The Morgan fingerprint density at radius 2 is 1.19 bits per heavy atom. The molecule has 176 valence electrons. The predicted octanol–water partition coefficient (Wildman–Crippen LogP) is 8.86. The number of hydrogen-bond acceptors (Lipinski definition) is 2. The number of rotatable bonds is 1. The predicted molar refractivity (Wildman–Crippen MR) is 153 cm³/mol. The van der Waals surface area contributed by atoms with E-state index in [1.54, 1.807) is 0 Å². The molecule has 1 spiro atoms. The largest absolute Gasteiger partial charge is 0.355 e. The van der Waals surface area contributed by atoms with Crippen LogP contribution in [0.1, 0.15) is 34.7 Å². The lowest BCUT2D eigenvalue weighted by Crippen LogP contribution is -2.34. The summed E-state index contributed by atoms with van der Waals surface area (Å²) in [5.41, 5.74) is 11.7. The lowest BCUT2D eigenvalue weighted by atomic mass is 9.65. The highest BCUT2D eigenvalue weighted by molar-refractivity contribution is 5.85. The van der Waals surface area contributed by atoms with E-state index in [4.69, 9.17) is 0 Å². The van der Waals surface area contributed by atoms with Gasteiger partial charge in [0, 0.05) is 22.8 Å². The summed E-state index contributed by atoms with van der Waals surface area (Å²) in [6.45, 7) is 6.63. The summed E-state index contributed by atoms with van der Waals surface area (Å²) in [6.07, 6.45) is 11.1. The van der Waals surface area contributed by atoms with Gasteiger partial charge in [0.15, 0.2) is 0 Å². The molecule has 2 aliphatic heterocycles. The molecule has 0 aromatic heterocycles. The summed E-state index contributed by atoms with van der Waals surface area (Å²) in [7, 11) is 0. The first kappa shape index (κ1) is 22.2. The smallest absolute Gasteiger partial charge is 0.0696 e. The van der Waals surface area contributed by atoms with Gasteiger partial charge in [-0.3, -0.25) is 0 Å². The van der Waals surface area contributed by atoms with Crippen LogP contribution in [0, 0.1) is 13.8 Å². The highest BCUT2D eigenvalue weighted by atomic mass is 15.2. The lowest BCUT2D eigenvalue weighted by Gasteiger charge is -2.43. The van der Waals surface area contributed by atoms with Gasteiger partial charge in [0.2, 0.25) is 0 Å². The molecule has 36 heavy (non-hydrogen) atoms. The Morgan fingerprint density at radius 1 is 0.583 bits per heavy atom. The number of nitrogens with zero attached hydrogens (tertiary/aromatic N) is 1.